The minimum atomic E-state index is -0.497. The van der Waals surface area contributed by atoms with Gasteiger partial charge in [-0.05, 0) is 18.6 Å². The summed E-state index contributed by atoms with van der Waals surface area (Å²) in [5, 5.41) is 9.70. The Morgan fingerprint density at radius 1 is 1.44 bits per heavy atom. The van der Waals surface area contributed by atoms with Crippen LogP contribution in [-0.4, -0.2) is 15.8 Å². The molecule has 0 saturated heterocycles. The average Bonchev–Trinajstić information content (AvgIpc) is 2.56. The van der Waals surface area contributed by atoms with Crippen molar-refractivity contribution in [1.82, 2.24) is 4.57 Å². The maximum absolute atomic E-state index is 11.6. The molecule has 0 amide bonds. The number of rotatable bonds is 4. The number of aliphatic hydroxyl groups is 1. The third kappa shape index (κ3) is 2.02. The summed E-state index contributed by atoms with van der Waals surface area (Å²) in [6.07, 6.45) is 1.08. The highest BCUT2D eigenvalue weighted by Crippen LogP contribution is 2.12. The molecule has 1 unspecified atom stereocenters. The van der Waals surface area contributed by atoms with Gasteiger partial charge in [0.25, 0.3) is 0 Å². The highest BCUT2D eigenvalue weighted by molar-refractivity contribution is 5.72. The quantitative estimate of drug-likeness (QED) is 0.855. The Morgan fingerprint density at radius 2 is 2.19 bits per heavy atom. The Hall–Kier alpha value is -1.55. The lowest BCUT2D eigenvalue weighted by atomic mass is 10.2. The Kier molecular flexibility index (Phi) is 3.10. The van der Waals surface area contributed by atoms with Gasteiger partial charge < -0.3 is 9.52 Å². The zero-order valence-corrected chi connectivity index (χ0v) is 9.22. The van der Waals surface area contributed by atoms with Crippen molar-refractivity contribution in [2.24, 2.45) is 0 Å². The minimum Gasteiger partial charge on any atom is -0.408 e. The van der Waals surface area contributed by atoms with Crippen LogP contribution in [0.15, 0.2) is 33.5 Å². The zero-order valence-electron chi connectivity index (χ0n) is 9.22. The van der Waals surface area contributed by atoms with Gasteiger partial charge in [0, 0.05) is 0 Å². The van der Waals surface area contributed by atoms with E-state index >= 15 is 0 Å². The maximum atomic E-state index is 11.6. The van der Waals surface area contributed by atoms with Gasteiger partial charge >= 0.3 is 5.76 Å². The summed E-state index contributed by atoms with van der Waals surface area (Å²) >= 11 is 0. The molecule has 0 spiro atoms. The lowest BCUT2D eigenvalue weighted by Crippen LogP contribution is -2.23. The summed E-state index contributed by atoms with van der Waals surface area (Å²) in [6, 6.07) is 7.23. The summed E-state index contributed by atoms with van der Waals surface area (Å²) in [5.74, 6) is -0.406. The number of fused-ring (bicyclic) bond motifs is 1. The molecule has 2 rings (SSSR count). The number of para-hydroxylation sites is 2. The Labute approximate surface area is 93.1 Å². The first kappa shape index (κ1) is 11.0. The molecule has 4 nitrogen and oxygen atoms in total. The van der Waals surface area contributed by atoms with Crippen molar-refractivity contribution < 1.29 is 9.52 Å². The Balaban J connectivity index is 2.36. The molecule has 1 aromatic heterocycles. The van der Waals surface area contributed by atoms with E-state index in [1.165, 1.54) is 4.57 Å². The highest BCUT2D eigenvalue weighted by Gasteiger charge is 2.11. The lowest BCUT2D eigenvalue weighted by Gasteiger charge is -2.08. The molecule has 0 radical (unpaired) electrons. The summed E-state index contributed by atoms with van der Waals surface area (Å²) in [5.41, 5.74) is 1.30. The molecule has 1 heterocycles. The van der Waals surface area contributed by atoms with Crippen LogP contribution in [0.25, 0.3) is 11.1 Å². The van der Waals surface area contributed by atoms with Crippen LogP contribution >= 0.6 is 0 Å². The van der Waals surface area contributed by atoms with E-state index in [4.69, 9.17) is 4.42 Å². The van der Waals surface area contributed by atoms with Crippen molar-refractivity contribution >= 4 is 11.1 Å². The van der Waals surface area contributed by atoms with Crippen LogP contribution in [0.5, 0.6) is 0 Å². The van der Waals surface area contributed by atoms with E-state index < -0.39 is 11.9 Å². The van der Waals surface area contributed by atoms with Gasteiger partial charge in [-0.3, -0.25) is 4.57 Å². The molecule has 1 N–H and O–H groups in total. The van der Waals surface area contributed by atoms with Gasteiger partial charge in [0.05, 0.1) is 18.2 Å². The van der Waals surface area contributed by atoms with Crippen LogP contribution in [-0.2, 0) is 6.54 Å². The standard InChI is InChI=1S/C12H15NO3/c1-2-5-9(14)8-13-10-6-3-4-7-11(10)16-12(13)15/h3-4,6-7,9,14H,2,5,8H2,1H3. The van der Waals surface area contributed by atoms with Crippen molar-refractivity contribution in [2.75, 3.05) is 0 Å². The normalized spacial score (nSPS) is 13.1. The molecule has 1 atom stereocenters. The fourth-order valence-corrected chi connectivity index (χ4v) is 1.82. The van der Waals surface area contributed by atoms with Gasteiger partial charge in [-0.25, -0.2) is 4.79 Å². The predicted octanol–water partition coefficient (Wildman–Crippen LogP) is 1.76. The molecule has 16 heavy (non-hydrogen) atoms. The van der Waals surface area contributed by atoms with Crippen molar-refractivity contribution in [3.05, 3.63) is 34.8 Å². The first-order valence-electron chi connectivity index (χ1n) is 5.48. The summed E-state index contributed by atoms with van der Waals surface area (Å²) in [6.45, 7) is 2.29. The monoisotopic (exact) mass is 221 g/mol. The molecule has 0 bridgehead atoms. The number of hydrogen-bond acceptors (Lipinski definition) is 3. The number of aliphatic hydroxyl groups excluding tert-OH is 1. The molecular formula is C12H15NO3. The summed E-state index contributed by atoms with van der Waals surface area (Å²) < 4.78 is 6.56. The lowest BCUT2D eigenvalue weighted by molar-refractivity contribution is 0.142. The Morgan fingerprint density at radius 3 is 2.94 bits per heavy atom. The maximum Gasteiger partial charge on any atom is 0.420 e. The van der Waals surface area contributed by atoms with Crippen molar-refractivity contribution in [1.29, 1.82) is 0 Å². The molecule has 0 aliphatic heterocycles. The van der Waals surface area contributed by atoms with E-state index in [-0.39, 0.29) is 0 Å². The van der Waals surface area contributed by atoms with Gasteiger partial charge in [0.1, 0.15) is 0 Å². The van der Waals surface area contributed by atoms with Crippen LogP contribution < -0.4 is 5.76 Å². The number of nitrogens with zero attached hydrogens (tertiary/aromatic N) is 1. The molecule has 1 aromatic carbocycles. The van der Waals surface area contributed by atoms with E-state index in [9.17, 15) is 9.90 Å². The van der Waals surface area contributed by atoms with E-state index in [2.05, 4.69) is 0 Å². The summed E-state index contributed by atoms with van der Waals surface area (Å²) in [4.78, 5) is 11.6. The van der Waals surface area contributed by atoms with Crippen molar-refractivity contribution in [2.45, 2.75) is 32.4 Å². The van der Waals surface area contributed by atoms with Crippen LogP contribution in [0, 0.1) is 0 Å². The summed E-state index contributed by atoms with van der Waals surface area (Å²) in [7, 11) is 0. The van der Waals surface area contributed by atoms with Gasteiger partial charge in [-0.2, -0.15) is 0 Å². The molecular weight excluding hydrogens is 206 g/mol. The van der Waals surface area contributed by atoms with Crippen LogP contribution in [0.4, 0.5) is 0 Å². The van der Waals surface area contributed by atoms with E-state index in [1.54, 1.807) is 6.07 Å². The van der Waals surface area contributed by atoms with Crippen LogP contribution in [0.1, 0.15) is 19.8 Å². The predicted molar refractivity (Wildman–Crippen MR) is 61.4 cm³/mol. The third-order valence-electron chi connectivity index (χ3n) is 2.59. The van der Waals surface area contributed by atoms with Crippen molar-refractivity contribution in [3.8, 4) is 0 Å². The third-order valence-corrected chi connectivity index (χ3v) is 2.59. The zero-order chi connectivity index (χ0) is 11.5. The van der Waals surface area contributed by atoms with Crippen molar-refractivity contribution in [3.63, 3.8) is 0 Å². The van der Waals surface area contributed by atoms with Gasteiger partial charge in [-0.15, -0.1) is 0 Å². The molecule has 0 saturated carbocycles. The molecule has 0 fully saturated rings. The van der Waals surface area contributed by atoms with E-state index in [0.29, 0.717) is 18.5 Å². The second kappa shape index (κ2) is 4.53. The van der Waals surface area contributed by atoms with Gasteiger partial charge in [0.15, 0.2) is 5.58 Å². The molecule has 0 aliphatic rings. The second-order valence-corrected chi connectivity index (χ2v) is 3.89. The number of oxazole rings is 1. The SMILES string of the molecule is CCCC(O)Cn1c(=O)oc2ccccc21. The first-order chi connectivity index (χ1) is 7.72. The number of benzene rings is 1. The highest BCUT2D eigenvalue weighted by atomic mass is 16.4. The van der Waals surface area contributed by atoms with Crippen LogP contribution in [0.2, 0.25) is 0 Å². The molecule has 86 valence electrons. The van der Waals surface area contributed by atoms with Gasteiger partial charge in [0.2, 0.25) is 0 Å². The Bertz CT molecular complexity index is 526. The topological polar surface area (TPSA) is 55.4 Å². The van der Waals surface area contributed by atoms with E-state index in [1.807, 2.05) is 25.1 Å². The van der Waals surface area contributed by atoms with E-state index in [0.717, 1.165) is 11.9 Å². The fraction of sp³-hybridized carbons (Fsp3) is 0.417. The molecule has 0 aliphatic carbocycles. The molecule has 2 aromatic rings. The first-order valence-corrected chi connectivity index (χ1v) is 5.48. The fourth-order valence-electron chi connectivity index (χ4n) is 1.82. The minimum absolute atomic E-state index is 0.295. The molecule has 4 heteroatoms. The number of aromatic nitrogens is 1. The second-order valence-electron chi connectivity index (χ2n) is 3.89. The smallest absolute Gasteiger partial charge is 0.408 e. The van der Waals surface area contributed by atoms with Crippen LogP contribution in [0.3, 0.4) is 0 Å². The number of hydrogen-bond donors (Lipinski definition) is 1. The van der Waals surface area contributed by atoms with Gasteiger partial charge in [-0.1, -0.05) is 25.5 Å². The largest absolute Gasteiger partial charge is 0.420 e. The average molecular weight is 221 g/mol.